The number of hydrogen-bond donors (Lipinski definition) is 3. The van der Waals surface area contributed by atoms with E-state index in [0.29, 0.717) is 12.8 Å². The van der Waals surface area contributed by atoms with Crippen molar-refractivity contribution >= 4 is 5.91 Å². The summed E-state index contributed by atoms with van der Waals surface area (Å²) in [6.07, 6.45) is 80.9. The zero-order valence-electron chi connectivity index (χ0n) is 42.3. The summed E-state index contributed by atoms with van der Waals surface area (Å²) in [6.45, 7) is 4.25. The van der Waals surface area contributed by atoms with Crippen molar-refractivity contribution in [1.82, 2.24) is 5.32 Å². The van der Waals surface area contributed by atoms with Crippen molar-refractivity contribution in [2.75, 3.05) is 6.61 Å². The van der Waals surface area contributed by atoms with Gasteiger partial charge in [-0.25, -0.2) is 0 Å². The third-order valence-electron chi connectivity index (χ3n) is 12.1. The monoisotopic (exact) mass is 888 g/mol. The molecule has 0 aliphatic carbocycles. The van der Waals surface area contributed by atoms with Crippen molar-refractivity contribution in [1.29, 1.82) is 0 Å². The molecule has 368 valence electrons. The van der Waals surface area contributed by atoms with E-state index in [0.717, 1.165) is 77.0 Å². The summed E-state index contributed by atoms with van der Waals surface area (Å²) in [5.74, 6) is -0.0359. The number of hydrogen-bond acceptors (Lipinski definition) is 3. The molecule has 0 heterocycles. The van der Waals surface area contributed by atoms with Gasteiger partial charge < -0.3 is 15.5 Å². The largest absolute Gasteiger partial charge is 0.394 e. The third kappa shape index (κ3) is 50.3. The summed E-state index contributed by atoms with van der Waals surface area (Å²) in [7, 11) is 0. The zero-order chi connectivity index (χ0) is 46.3. The number of amides is 1. The van der Waals surface area contributed by atoms with Gasteiger partial charge in [0.2, 0.25) is 5.91 Å². The van der Waals surface area contributed by atoms with Gasteiger partial charge in [-0.2, -0.15) is 0 Å². The fourth-order valence-electron chi connectivity index (χ4n) is 7.97. The maximum absolute atomic E-state index is 12.5. The fraction of sp³-hybridized carbons (Fsp3) is 0.717. The maximum Gasteiger partial charge on any atom is 0.220 e. The van der Waals surface area contributed by atoms with Crippen molar-refractivity contribution in [2.24, 2.45) is 0 Å². The minimum atomic E-state index is -0.665. The fourth-order valence-corrected chi connectivity index (χ4v) is 7.97. The van der Waals surface area contributed by atoms with E-state index in [2.05, 4.69) is 116 Å². The number of aliphatic hydroxyl groups excluding tert-OH is 2. The predicted molar refractivity (Wildman–Crippen MR) is 285 cm³/mol. The Hall–Kier alpha value is -2.69. The molecular weight excluding hydrogens is 783 g/mol. The number of carbonyl (C=O) groups excluding carboxylic acids is 1. The first-order valence-electron chi connectivity index (χ1n) is 27.4. The van der Waals surface area contributed by atoms with Gasteiger partial charge in [-0.05, 0) is 77.0 Å². The minimum absolute atomic E-state index is 0.0359. The van der Waals surface area contributed by atoms with Crippen LogP contribution in [0.4, 0.5) is 0 Å². The summed E-state index contributed by atoms with van der Waals surface area (Å²) in [5.41, 5.74) is 0. The predicted octanol–water partition coefficient (Wildman–Crippen LogP) is 18.1. The highest BCUT2D eigenvalue weighted by Crippen LogP contribution is 2.16. The molecule has 0 fully saturated rings. The molecule has 4 heteroatoms. The van der Waals surface area contributed by atoms with Crippen molar-refractivity contribution in [3.63, 3.8) is 0 Å². The van der Waals surface area contributed by atoms with E-state index in [1.165, 1.54) is 154 Å². The summed E-state index contributed by atoms with van der Waals surface area (Å²) >= 11 is 0. The van der Waals surface area contributed by atoms with E-state index in [4.69, 9.17) is 0 Å². The summed E-state index contributed by atoms with van der Waals surface area (Å²) < 4.78 is 0. The Morgan fingerprint density at radius 2 is 0.688 bits per heavy atom. The quantitative estimate of drug-likeness (QED) is 0.0421. The number of nitrogens with one attached hydrogen (secondary N) is 1. The highest BCUT2D eigenvalue weighted by atomic mass is 16.3. The summed E-state index contributed by atoms with van der Waals surface area (Å²) in [4.78, 5) is 12.5. The van der Waals surface area contributed by atoms with Crippen LogP contribution < -0.4 is 5.32 Å². The van der Waals surface area contributed by atoms with Gasteiger partial charge in [0.25, 0.3) is 0 Å². The Labute approximate surface area is 398 Å². The second kappa shape index (κ2) is 54.6. The average Bonchev–Trinajstić information content (AvgIpc) is 3.30. The maximum atomic E-state index is 12.5. The molecule has 1 amide bonds. The van der Waals surface area contributed by atoms with Crippen molar-refractivity contribution in [3.8, 4) is 0 Å². The van der Waals surface area contributed by atoms with Crippen LogP contribution in [0.1, 0.15) is 258 Å². The Balaban J connectivity index is 3.54. The molecule has 4 nitrogen and oxygen atoms in total. The number of unbranched alkanes of at least 4 members (excludes halogenated alkanes) is 26. The SMILES string of the molecule is CC/C=C\C/C=C\C/C=C\C/C=C\C/C=C\C/C=C\C/C=C\C/C=C\CCCCCCCCCCCCCCC(=O)NC(CO)C(O)CCCCCCCCCCCCCCCCC. The standard InChI is InChI=1S/C60H105NO3/c1-3-5-7-9-11-13-15-17-19-20-21-22-23-24-25-26-27-28-29-30-31-32-33-34-35-36-37-38-39-40-42-44-46-48-50-52-54-56-60(64)61-58(57-62)59(63)55-53-51-49-47-45-43-41-18-16-14-12-10-8-6-4-2/h5,7,11,13,17,19,21-22,24-25,27-28,30-31,33-34,58-59,62-63H,3-4,6,8-10,12,14-16,18,20,23,26,29,32,35-57H2,1-2H3,(H,61,64)/b7-5-,13-11-,19-17-,22-21-,25-24-,28-27-,31-30-,34-33-. The van der Waals surface area contributed by atoms with E-state index < -0.39 is 12.1 Å². The molecule has 0 bridgehead atoms. The topological polar surface area (TPSA) is 69.6 Å². The molecule has 0 rings (SSSR count). The van der Waals surface area contributed by atoms with E-state index in [1.807, 2.05) is 0 Å². The Morgan fingerprint density at radius 3 is 1.03 bits per heavy atom. The highest BCUT2D eigenvalue weighted by Gasteiger charge is 2.20. The van der Waals surface area contributed by atoms with Crippen LogP contribution in [-0.4, -0.2) is 34.9 Å². The molecular formula is C60H105NO3. The first-order chi connectivity index (χ1) is 31.7. The number of aliphatic hydroxyl groups is 2. The molecule has 0 aromatic rings. The zero-order valence-corrected chi connectivity index (χ0v) is 42.3. The van der Waals surface area contributed by atoms with E-state index in [1.54, 1.807) is 0 Å². The Morgan fingerprint density at radius 1 is 0.391 bits per heavy atom. The molecule has 0 aromatic heterocycles. The van der Waals surface area contributed by atoms with E-state index in [9.17, 15) is 15.0 Å². The molecule has 3 N–H and O–H groups in total. The molecule has 2 atom stereocenters. The summed E-state index contributed by atoms with van der Waals surface area (Å²) in [5, 5.41) is 23.3. The lowest BCUT2D eigenvalue weighted by Gasteiger charge is -2.22. The smallest absolute Gasteiger partial charge is 0.220 e. The first kappa shape index (κ1) is 61.3. The Bertz CT molecular complexity index is 1190. The van der Waals surface area contributed by atoms with Gasteiger partial charge in [-0.1, -0.05) is 272 Å². The minimum Gasteiger partial charge on any atom is -0.394 e. The number of carbonyl (C=O) groups is 1. The van der Waals surface area contributed by atoms with Crippen LogP contribution in [0.2, 0.25) is 0 Å². The van der Waals surface area contributed by atoms with Gasteiger partial charge in [0, 0.05) is 6.42 Å². The number of rotatable bonds is 49. The van der Waals surface area contributed by atoms with Gasteiger partial charge in [0.1, 0.15) is 0 Å². The van der Waals surface area contributed by atoms with Crippen LogP contribution in [0.3, 0.4) is 0 Å². The van der Waals surface area contributed by atoms with Crippen LogP contribution >= 0.6 is 0 Å². The number of allylic oxidation sites excluding steroid dienone is 16. The van der Waals surface area contributed by atoms with Gasteiger partial charge in [-0.3, -0.25) is 4.79 Å². The van der Waals surface area contributed by atoms with Crippen LogP contribution in [0.25, 0.3) is 0 Å². The van der Waals surface area contributed by atoms with Crippen molar-refractivity contribution in [3.05, 3.63) is 97.2 Å². The molecule has 0 saturated carbocycles. The summed E-state index contributed by atoms with van der Waals surface area (Å²) in [6, 6.07) is -0.542. The lowest BCUT2D eigenvalue weighted by Crippen LogP contribution is -2.45. The van der Waals surface area contributed by atoms with E-state index >= 15 is 0 Å². The average molecular weight is 889 g/mol. The molecule has 0 saturated heterocycles. The second-order valence-corrected chi connectivity index (χ2v) is 18.3. The lowest BCUT2D eigenvalue weighted by molar-refractivity contribution is -0.123. The van der Waals surface area contributed by atoms with Gasteiger partial charge in [0.15, 0.2) is 0 Å². The molecule has 0 aliphatic rings. The van der Waals surface area contributed by atoms with Crippen molar-refractivity contribution in [2.45, 2.75) is 270 Å². The lowest BCUT2D eigenvalue weighted by atomic mass is 10.0. The first-order valence-corrected chi connectivity index (χ1v) is 27.4. The molecule has 0 radical (unpaired) electrons. The van der Waals surface area contributed by atoms with Crippen LogP contribution in [0.5, 0.6) is 0 Å². The van der Waals surface area contributed by atoms with Gasteiger partial charge >= 0.3 is 0 Å². The third-order valence-corrected chi connectivity index (χ3v) is 12.1. The van der Waals surface area contributed by atoms with Crippen LogP contribution in [-0.2, 0) is 4.79 Å². The highest BCUT2D eigenvalue weighted by molar-refractivity contribution is 5.76. The molecule has 0 aliphatic heterocycles. The van der Waals surface area contributed by atoms with Gasteiger partial charge in [0.05, 0.1) is 18.8 Å². The Kier molecular flexibility index (Phi) is 52.3. The molecule has 0 spiro atoms. The van der Waals surface area contributed by atoms with Crippen molar-refractivity contribution < 1.29 is 15.0 Å². The molecule has 0 aromatic carbocycles. The van der Waals surface area contributed by atoms with E-state index in [-0.39, 0.29) is 12.5 Å². The van der Waals surface area contributed by atoms with Crippen LogP contribution in [0.15, 0.2) is 97.2 Å². The van der Waals surface area contributed by atoms with Gasteiger partial charge in [-0.15, -0.1) is 0 Å². The second-order valence-electron chi connectivity index (χ2n) is 18.3. The molecule has 64 heavy (non-hydrogen) atoms. The normalized spacial score (nSPS) is 13.6. The molecule has 2 unspecified atom stereocenters. The van der Waals surface area contributed by atoms with Crippen LogP contribution in [0, 0.1) is 0 Å².